The van der Waals surface area contributed by atoms with Gasteiger partial charge in [0.2, 0.25) is 0 Å². The van der Waals surface area contributed by atoms with Crippen molar-refractivity contribution in [3.8, 4) is 0 Å². The maximum Gasteiger partial charge on any atom is 0.304 e. The first kappa shape index (κ1) is 26.6. The molecule has 2 fully saturated rings. The van der Waals surface area contributed by atoms with E-state index in [0.29, 0.717) is 30.1 Å². The van der Waals surface area contributed by atoms with E-state index in [1.165, 1.54) is 44.2 Å². The van der Waals surface area contributed by atoms with E-state index in [1.54, 1.807) is 0 Å². The molecule has 0 radical (unpaired) electrons. The monoisotopic (exact) mass is 488 g/mol. The number of hydrogen-bond donors (Lipinski definition) is 2. The second-order valence-corrected chi connectivity index (χ2v) is 10.5. The van der Waals surface area contributed by atoms with E-state index < -0.39 is 21.5 Å². The van der Waals surface area contributed by atoms with Crippen molar-refractivity contribution in [1.82, 2.24) is 0 Å². The van der Waals surface area contributed by atoms with Crippen LogP contribution in [-0.4, -0.2) is 26.6 Å². The summed E-state index contributed by atoms with van der Waals surface area (Å²) >= 11 is 0. The highest BCUT2D eigenvalue weighted by Crippen LogP contribution is 2.47. The van der Waals surface area contributed by atoms with E-state index in [9.17, 15) is 30.1 Å². The zero-order valence-corrected chi connectivity index (χ0v) is 20.5. The Balaban J connectivity index is 1.76. The summed E-state index contributed by atoms with van der Waals surface area (Å²) in [6.07, 6.45) is 9.74. The normalized spacial score (nSPS) is 25.3. The number of nitrogens with zero attached hydrogens (tertiary/aromatic N) is 3. The number of unbranched alkanes of at least 4 members (excludes halogenated alkanes) is 1. The van der Waals surface area contributed by atoms with E-state index in [4.69, 9.17) is 0 Å². The van der Waals surface area contributed by atoms with Gasteiger partial charge in [0.1, 0.15) is 5.69 Å². The number of nitro benzene ring substituents is 2. The van der Waals surface area contributed by atoms with Crippen molar-refractivity contribution in [3.63, 3.8) is 0 Å². The van der Waals surface area contributed by atoms with Crippen molar-refractivity contribution in [2.24, 2.45) is 34.7 Å². The lowest BCUT2D eigenvalue weighted by molar-refractivity contribution is -0.393. The molecule has 10 heteroatoms. The molecule has 0 spiro atoms. The molecular weight excluding hydrogens is 452 g/mol. The average Bonchev–Trinajstić information content (AvgIpc) is 2.79. The smallest absolute Gasteiger partial charge is 0.304 e. The number of nitro groups is 2. The van der Waals surface area contributed by atoms with E-state index in [-0.39, 0.29) is 23.7 Å². The number of nitrogens with one attached hydrogen (secondary N) is 1. The SMILES string of the molecule is CC(C)CCCCC1CCCC2CC(=NNc3ccc([N+](=O)[O-])cc3[N+](=O)[O-])C(CC(=O)O)CC12. The molecule has 2 aliphatic carbocycles. The topological polar surface area (TPSA) is 148 Å². The molecule has 1 aromatic carbocycles. The predicted molar refractivity (Wildman–Crippen MR) is 133 cm³/mol. The van der Waals surface area contributed by atoms with Gasteiger partial charge in [0, 0.05) is 17.7 Å². The maximum atomic E-state index is 11.6. The highest BCUT2D eigenvalue weighted by Gasteiger charge is 2.41. The Labute approximate surface area is 205 Å². The van der Waals surface area contributed by atoms with Crippen LogP contribution in [0.25, 0.3) is 0 Å². The summed E-state index contributed by atoms with van der Waals surface area (Å²) in [7, 11) is 0. The highest BCUT2D eigenvalue weighted by atomic mass is 16.6. The fourth-order valence-corrected chi connectivity index (χ4v) is 5.87. The average molecular weight is 489 g/mol. The Bertz CT molecular complexity index is 963. The minimum Gasteiger partial charge on any atom is -0.481 e. The number of fused-ring (bicyclic) bond motifs is 1. The molecule has 2 saturated carbocycles. The van der Waals surface area contributed by atoms with Crippen LogP contribution in [0, 0.1) is 49.8 Å². The fraction of sp³-hybridized carbons (Fsp3) is 0.680. The summed E-state index contributed by atoms with van der Waals surface area (Å²) < 4.78 is 0. The molecule has 0 heterocycles. The molecule has 192 valence electrons. The number of aliphatic carboxylic acids is 1. The Morgan fingerprint density at radius 3 is 2.63 bits per heavy atom. The lowest BCUT2D eigenvalue weighted by atomic mass is 9.61. The molecule has 1 aromatic rings. The number of rotatable bonds is 11. The zero-order chi connectivity index (χ0) is 25.5. The second kappa shape index (κ2) is 12.1. The number of non-ortho nitro benzene ring substituents is 1. The molecule has 3 rings (SSSR count). The van der Waals surface area contributed by atoms with Crippen molar-refractivity contribution in [3.05, 3.63) is 38.4 Å². The van der Waals surface area contributed by atoms with Gasteiger partial charge in [-0.1, -0.05) is 52.4 Å². The Kier molecular flexibility index (Phi) is 9.17. The molecule has 4 unspecified atom stereocenters. The molecule has 10 nitrogen and oxygen atoms in total. The van der Waals surface area contributed by atoms with Gasteiger partial charge >= 0.3 is 11.7 Å². The molecule has 4 atom stereocenters. The van der Waals surface area contributed by atoms with Crippen LogP contribution in [0.15, 0.2) is 23.3 Å². The van der Waals surface area contributed by atoms with Gasteiger partial charge in [-0.15, -0.1) is 0 Å². The highest BCUT2D eigenvalue weighted by molar-refractivity contribution is 5.91. The van der Waals surface area contributed by atoms with Crippen LogP contribution in [0.3, 0.4) is 0 Å². The van der Waals surface area contributed by atoms with Crippen LogP contribution in [0.2, 0.25) is 0 Å². The van der Waals surface area contributed by atoms with Crippen LogP contribution >= 0.6 is 0 Å². The van der Waals surface area contributed by atoms with Gasteiger partial charge in [-0.05, 0) is 49.0 Å². The second-order valence-electron chi connectivity index (χ2n) is 10.5. The Hall–Kier alpha value is -3.04. The number of carboxylic acid groups (broad SMARTS) is 1. The number of anilines is 1. The predicted octanol–water partition coefficient (Wildman–Crippen LogP) is 6.40. The summed E-state index contributed by atoms with van der Waals surface area (Å²) in [4.78, 5) is 32.7. The summed E-state index contributed by atoms with van der Waals surface area (Å²) in [6.45, 7) is 4.49. The first-order valence-corrected chi connectivity index (χ1v) is 12.6. The van der Waals surface area contributed by atoms with Crippen LogP contribution in [0.5, 0.6) is 0 Å². The van der Waals surface area contributed by atoms with Crippen molar-refractivity contribution in [1.29, 1.82) is 0 Å². The van der Waals surface area contributed by atoms with Gasteiger partial charge in [-0.2, -0.15) is 5.10 Å². The number of carbonyl (C=O) groups is 1. The molecule has 0 amide bonds. The molecule has 35 heavy (non-hydrogen) atoms. The Morgan fingerprint density at radius 1 is 1.20 bits per heavy atom. The van der Waals surface area contributed by atoms with Crippen LogP contribution in [0.1, 0.15) is 78.1 Å². The fourth-order valence-electron chi connectivity index (χ4n) is 5.87. The summed E-state index contributed by atoms with van der Waals surface area (Å²) in [5, 5.41) is 36.4. The lowest BCUT2D eigenvalue weighted by Crippen LogP contribution is -2.39. The van der Waals surface area contributed by atoms with Crippen LogP contribution < -0.4 is 5.43 Å². The number of hydrogen-bond acceptors (Lipinski definition) is 7. The van der Waals surface area contributed by atoms with Gasteiger partial charge in [0.05, 0.1) is 22.3 Å². The van der Waals surface area contributed by atoms with E-state index >= 15 is 0 Å². The number of hydrazone groups is 1. The van der Waals surface area contributed by atoms with Gasteiger partial charge in [-0.25, -0.2) is 0 Å². The first-order valence-electron chi connectivity index (χ1n) is 12.6. The molecule has 0 aromatic heterocycles. The summed E-state index contributed by atoms with van der Waals surface area (Å²) in [5.74, 6) is 1.14. The van der Waals surface area contributed by atoms with E-state index in [2.05, 4.69) is 24.4 Å². The molecule has 2 aliphatic rings. The molecule has 0 bridgehead atoms. The van der Waals surface area contributed by atoms with Crippen molar-refractivity contribution >= 4 is 28.7 Å². The minimum absolute atomic E-state index is 0.0217. The quantitative estimate of drug-likeness (QED) is 0.208. The third kappa shape index (κ3) is 7.22. The minimum atomic E-state index is -0.883. The van der Waals surface area contributed by atoms with Crippen molar-refractivity contribution in [2.45, 2.75) is 78.1 Å². The maximum absolute atomic E-state index is 11.6. The van der Waals surface area contributed by atoms with Crippen LogP contribution in [-0.2, 0) is 4.79 Å². The Morgan fingerprint density at radius 2 is 1.97 bits per heavy atom. The summed E-state index contributed by atoms with van der Waals surface area (Å²) in [6, 6.07) is 3.36. The lowest BCUT2D eigenvalue weighted by Gasteiger charge is -2.44. The van der Waals surface area contributed by atoms with Gasteiger partial charge in [0.25, 0.3) is 5.69 Å². The molecule has 0 aliphatic heterocycles. The summed E-state index contributed by atoms with van der Waals surface area (Å²) in [5.41, 5.74) is 2.69. The van der Waals surface area contributed by atoms with Crippen molar-refractivity contribution in [2.75, 3.05) is 5.43 Å². The van der Waals surface area contributed by atoms with Crippen molar-refractivity contribution < 1.29 is 19.7 Å². The van der Waals surface area contributed by atoms with E-state index in [1.807, 2.05) is 0 Å². The largest absolute Gasteiger partial charge is 0.481 e. The molecule has 0 saturated heterocycles. The molecular formula is C25H36N4O6. The number of carboxylic acids is 1. The number of benzene rings is 1. The standard InChI is InChI=1S/C25H36N4O6/c1-16(2)6-3-4-7-17-8-5-9-18-13-23(19(12-21(17)18)14-25(30)31)27-26-22-11-10-20(28(32)33)15-24(22)29(34)35/h10-11,15-19,21,26H,3-9,12-14H2,1-2H3,(H,30,31). The molecule has 2 N–H and O–H groups in total. The van der Waals surface area contributed by atoms with Gasteiger partial charge < -0.3 is 5.11 Å². The third-order valence-electron chi connectivity index (χ3n) is 7.60. The third-order valence-corrected chi connectivity index (χ3v) is 7.60. The first-order chi connectivity index (χ1) is 16.7. The van der Waals surface area contributed by atoms with Gasteiger partial charge in [-0.3, -0.25) is 30.4 Å². The van der Waals surface area contributed by atoms with Gasteiger partial charge in [0.15, 0.2) is 0 Å². The zero-order valence-electron chi connectivity index (χ0n) is 20.5. The van der Waals surface area contributed by atoms with E-state index in [0.717, 1.165) is 31.0 Å². The van der Waals surface area contributed by atoms with Crippen LogP contribution in [0.4, 0.5) is 17.1 Å².